The van der Waals surface area contributed by atoms with Gasteiger partial charge < -0.3 is 39.7 Å². The fraction of sp³-hybridized carbons (Fsp3) is 0.700. The van der Waals surface area contributed by atoms with Gasteiger partial charge >= 0.3 is 18.2 Å². The van der Waals surface area contributed by atoms with Crippen molar-refractivity contribution in [3.8, 4) is 0 Å². The van der Waals surface area contributed by atoms with Crippen LogP contribution in [0.3, 0.4) is 0 Å². The van der Waals surface area contributed by atoms with E-state index in [0.717, 1.165) is 0 Å². The molecule has 5 atom stereocenters. The summed E-state index contributed by atoms with van der Waals surface area (Å²) in [7, 11) is 0. The number of rotatable bonds is 7. The fourth-order valence-electron chi connectivity index (χ4n) is 5.55. The number of likely N-dealkylation sites (tertiary alicyclic amines) is 1. The summed E-state index contributed by atoms with van der Waals surface area (Å²) >= 11 is 0. The average Bonchev–Trinajstić information content (AvgIpc) is 3.49. The van der Waals surface area contributed by atoms with Crippen LogP contribution >= 0.6 is 0 Å². The Balaban J connectivity index is 1.68. The lowest BCUT2D eigenvalue weighted by Crippen LogP contribution is -2.49. The molecule has 4 N–H and O–H groups in total. The van der Waals surface area contributed by atoms with Crippen molar-refractivity contribution in [3.63, 3.8) is 0 Å². The second-order valence-corrected chi connectivity index (χ2v) is 14.1. The van der Waals surface area contributed by atoms with E-state index in [0.29, 0.717) is 23.0 Å². The third-order valence-electron chi connectivity index (χ3n) is 7.03. The van der Waals surface area contributed by atoms with Crippen LogP contribution < -0.4 is 11.1 Å². The van der Waals surface area contributed by atoms with Crippen molar-refractivity contribution < 1.29 is 38.1 Å². The number of anilines is 1. The molecule has 2 aliphatic rings. The minimum atomic E-state index is -0.992. The van der Waals surface area contributed by atoms with Crippen molar-refractivity contribution in [2.45, 2.75) is 123 Å². The number of esters is 1. The summed E-state index contributed by atoms with van der Waals surface area (Å²) in [5.74, 6) is -1.35. The average molecular weight is 619 g/mol. The molecule has 44 heavy (non-hydrogen) atoms. The van der Waals surface area contributed by atoms with Crippen LogP contribution in [0.15, 0.2) is 12.5 Å². The van der Waals surface area contributed by atoms with E-state index in [2.05, 4.69) is 20.3 Å². The number of nitrogens with two attached hydrogens (primary N) is 1. The van der Waals surface area contributed by atoms with Gasteiger partial charge in [0.25, 0.3) is 0 Å². The van der Waals surface area contributed by atoms with Crippen molar-refractivity contribution in [1.29, 1.82) is 0 Å². The summed E-state index contributed by atoms with van der Waals surface area (Å²) < 4.78 is 29.7. The van der Waals surface area contributed by atoms with Gasteiger partial charge in [0.2, 0.25) is 0 Å². The molecule has 2 aromatic rings. The zero-order valence-corrected chi connectivity index (χ0v) is 27.2. The van der Waals surface area contributed by atoms with E-state index < -0.39 is 65.5 Å². The van der Waals surface area contributed by atoms with Gasteiger partial charge in [-0.25, -0.2) is 24.4 Å². The van der Waals surface area contributed by atoms with Crippen LogP contribution in [0.4, 0.5) is 15.4 Å². The molecule has 0 aromatic carbocycles. The van der Waals surface area contributed by atoms with E-state index in [1.54, 1.807) is 61.6 Å². The molecule has 2 amide bonds. The zero-order valence-electron chi connectivity index (χ0n) is 27.2. The smallest absolute Gasteiger partial charge is 0.411 e. The van der Waals surface area contributed by atoms with Gasteiger partial charge in [-0.1, -0.05) is 13.8 Å². The summed E-state index contributed by atoms with van der Waals surface area (Å²) in [6, 6.07) is -2.52. The highest BCUT2D eigenvalue weighted by Crippen LogP contribution is 2.49. The number of hydrogen-bond acceptors (Lipinski definition) is 11. The maximum Gasteiger partial charge on any atom is 0.411 e. The maximum atomic E-state index is 13.9. The van der Waals surface area contributed by atoms with Crippen LogP contribution in [0.5, 0.6) is 0 Å². The van der Waals surface area contributed by atoms with Gasteiger partial charge in [-0.3, -0.25) is 4.90 Å². The number of ether oxygens (including phenoxy) is 5. The summed E-state index contributed by atoms with van der Waals surface area (Å²) in [5.41, 5.74) is 6.17. The highest BCUT2D eigenvalue weighted by Gasteiger charge is 2.61. The van der Waals surface area contributed by atoms with Crippen LogP contribution in [0, 0.1) is 5.92 Å². The molecule has 0 saturated carbocycles. The minimum Gasteiger partial charge on any atom is -0.462 e. The van der Waals surface area contributed by atoms with E-state index in [1.165, 1.54) is 11.2 Å². The molecular weight excluding hydrogens is 572 g/mol. The van der Waals surface area contributed by atoms with E-state index >= 15 is 0 Å². The normalized spacial score (nSPS) is 23.8. The zero-order chi connectivity index (χ0) is 32.8. The summed E-state index contributed by atoms with van der Waals surface area (Å²) in [5, 5.41) is 2.63. The lowest BCUT2D eigenvalue weighted by molar-refractivity contribution is -0.172. The van der Waals surface area contributed by atoms with Gasteiger partial charge in [-0.05, 0) is 67.7 Å². The van der Waals surface area contributed by atoms with Crippen molar-refractivity contribution >= 4 is 35.0 Å². The SMILES string of the molecule is CC(C)C[C@H](NC(=O)OC(C)(C)C)C(=O)OC[C@@H]1[C@H]2OC(C)(C)O[C@H]2[C@H](c2c[nH]c3c(N)ncnc23)N1C(=O)OC(C)(C)C. The molecule has 4 rings (SSSR count). The first-order valence-electron chi connectivity index (χ1n) is 14.9. The van der Waals surface area contributed by atoms with Crippen LogP contribution in [-0.2, 0) is 28.5 Å². The van der Waals surface area contributed by atoms with E-state index in [4.69, 9.17) is 29.4 Å². The van der Waals surface area contributed by atoms with E-state index in [1.807, 2.05) is 13.8 Å². The quantitative estimate of drug-likeness (QED) is 0.299. The van der Waals surface area contributed by atoms with Gasteiger partial charge in [0, 0.05) is 11.8 Å². The van der Waals surface area contributed by atoms with Crippen molar-refractivity contribution in [2.24, 2.45) is 5.92 Å². The summed E-state index contributed by atoms with van der Waals surface area (Å²) in [4.78, 5) is 53.0. The number of aromatic amines is 1. The van der Waals surface area contributed by atoms with Gasteiger partial charge in [0.1, 0.15) is 47.9 Å². The number of nitrogens with zero attached hydrogens (tertiary/aromatic N) is 3. The van der Waals surface area contributed by atoms with Gasteiger partial charge in [0.15, 0.2) is 11.6 Å². The molecule has 0 bridgehead atoms. The molecule has 0 unspecified atom stereocenters. The Labute approximate surface area is 257 Å². The summed E-state index contributed by atoms with van der Waals surface area (Å²) in [6.07, 6.45) is 0.638. The molecule has 0 aliphatic carbocycles. The third-order valence-corrected chi connectivity index (χ3v) is 7.03. The monoisotopic (exact) mass is 618 g/mol. The first-order chi connectivity index (χ1) is 20.3. The number of H-pyrrole nitrogens is 1. The maximum absolute atomic E-state index is 13.9. The molecule has 0 spiro atoms. The Morgan fingerprint density at radius 2 is 1.70 bits per heavy atom. The molecule has 244 valence electrons. The molecule has 14 nitrogen and oxygen atoms in total. The lowest BCUT2D eigenvalue weighted by Gasteiger charge is -2.35. The highest BCUT2D eigenvalue weighted by molar-refractivity contribution is 5.88. The summed E-state index contributed by atoms with van der Waals surface area (Å²) in [6.45, 7) is 17.7. The number of amides is 2. The van der Waals surface area contributed by atoms with Gasteiger partial charge in [-0.15, -0.1) is 0 Å². The largest absolute Gasteiger partial charge is 0.462 e. The van der Waals surface area contributed by atoms with Gasteiger partial charge in [-0.2, -0.15) is 0 Å². The van der Waals surface area contributed by atoms with Gasteiger partial charge in [0.05, 0.1) is 17.6 Å². The highest BCUT2D eigenvalue weighted by atomic mass is 16.8. The topological polar surface area (TPSA) is 180 Å². The minimum absolute atomic E-state index is 0.0599. The molecule has 2 aromatic heterocycles. The van der Waals surface area contributed by atoms with Crippen molar-refractivity contribution in [2.75, 3.05) is 12.3 Å². The first kappa shape index (κ1) is 33.2. The number of alkyl carbamates (subject to hydrolysis) is 1. The predicted molar refractivity (Wildman–Crippen MR) is 160 cm³/mol. The van der Waals surface area contributed by atoms with Crippen LogP contribution in [-0.4, -0.2) is 85.9 Å². The number of carbonyl (C=O) groups is 3. The third kappa shape index (κ3) is 7.52. The Hall–Kier alpha value is -3.65. The number of fused-ring (bicyclic) bond motifs is 2. The molecule has 0 radical (unpaired) electrons. The van der Waals surface area contributed by atoms with Crippen LogP contribution in [0.2, 0.25) is 0 Å². The number of nitrogens with one attached hydrogen (secondary N) is 2. The fourth-order valence-corrected chi connectivity index (χ4v) is 5.55. The second kappa shape index (κ2) is 12.0. The lowest BCUT2D eigenvalue weighted by atomic mass is 10.0. The molecular formula is C30H46N6O8. The molecule has 2 saturated heterocycles. The Kier molecular flexibility index (Phi) is 9.09. The van der Waals surface area contributed by atoms with E-state index in [9.17, 15) is 14.4 Å². The Morgan fingerprint density at radius 1 is 1.07 bits per heavy atom. The second-order valence-electron chi connectivity index (χ2n) is 14.1. The molecule has 14 heteroatoms. The number of nitrogen functional groups attached to an aromatic ring is 1. The predicted octanol–water partition coefficient (Wildman–Crippen LogP) is 4.20. The Bertz CT molecular complexity index is 1380. The Morgan fingerprint density at radius 3 is 2.32 bits per heavy atom. The first-order valence-corrected chi connectivity index (χ1v) is 14.9. The number of carbonyl (C=O) groups excluding carboxylic acids is 3. The molecule has 2 aliphatic heterocycles. The molecule has 2 fully saturated rings. The standard InChI is InChI=1S/C30H46N6O8/c1-15(2)11-17(35-26(38)43-28(3,4)5)25(37)40-13-18-22-23(42-30(9,10)41-22)21(36(18)27(39)44-29(6,7)8)16-12-32-20-19(16)33-14-34-24(20)31/h12,14-15,17-18,21-23,32H,11,13H2,1-10H3,(H,35,38)(H2,31,33,34)/t17-,18+,21-,22+,23-/m0/s1. The van der Waals surface area contributed by atoms with Crippen LogP contribution in [0.1, 0.15) is 87.3 Å². The van der Waals surface area contributed by atoms with Crippen molar-refractivity contribution in [1.82, 2.24) is 25.2 Å². The number of hydrogen-bond donors (Lipinski definition) is 3. The number of aromatic nitrogens is 3. The van der Waals surface area contributed by atoms with Crippen LogP contribution in [0.25, 0.3) is 11.0 Å². The van der Waals surface area contributed by atoms with E-state index in [-0.39, 0.29) is 18.3 Å². The van der Waals surface area contributed by atoms with Crippen molar-refractivity contribution in [3.05, 3.63) is 18.1 Å². The molecule has 4 heterocycles.